The average molecular weight is 226 g/mol. The Bertz CT molecular complexity index is 344. The molecule has 0 radical (unpaired) electrons. The molecule has 3 N–H and O–H groups in total. The number of aromatic nitrogens is 2. The molecule has 6 heteroatoms. The molecule has 90 valence electrons. The largest absolute Gasteiger partial charge is 0.370 e. The Morgan fingerprint density at radius 1 is 1.69 bits per heavy atom. The van der Waals surface area contributed by atoms with E-state index in [1.54, 1.807) is 16.9 Å². The molecule has 0 spiro atoms. The Morgan fingerprint density at radius 2 is 2.38 bits per heavy atom. The van der Waals surface area contributed by atoms with E-state index in [0.29, 0.717) is 5.82 Å². The predicted octanol–water partition coefficient (Wildman–Crippen LogP) is 0.376. The number of hydrogen-bond acceptors (Lipinski definition) is 4. The lowest BCUT2D eigenvalue weighted by Gasteiger charge is -2.15. The highest BCUT2D eigenvalue weighted by molar-refractivity contribution is 5.93. The second kappa shape index (κ2) is 5.62. The minimum atomic E-state index is -0.629. The second-order valence-corrected chi connectivity index (χ2v) is 3.70. The van der Waals surface area contributed by atoms with Crippen molar-refractivity contribution in [1.82, 2.24) is 9.78 Å². The molecular formula is C10H18N4O2. The van der Waals surface area contributed by atoms with Gasteiger partial charge in [-0.2, -0.15) is 5.10 Å². The van der Waals surface area contributed by atoms with Gasteiger partial charge in [-0.05, 0) is 13.8 Å². The molecule has 16 heavy (non-hydrogen) atoms. The molecule has 0 saturated carbocycles. The van der Waals surface area contributed by atoms with Crippen LogP contribution in [0, 0.1) is 0 Å². The molecule has 0 aliphatic carbocycles. The van der Waals surface area contributed by atoms with E-state index in [9.17, 15) is 4.79 Å². The van der Waals surface area contributed by atoms with Gasteiger partial charge in [-0.3, -0.25) is 4.79 Å². The first kappa shape index (κ1) is 12.7. The van der Waals surface area contributed by atoms with Gasteiger partial charge in [-0.25, -0.2) is 4.68 Å². The topological polar surface area (TPSA) is 82.2 Å². The van der Waals surface area contributed by atoms with E-state index < -0.39 is 6.10 Å². The molecule has 0 fully saturated rings. The van der Waals surface area contributed by atoms with Gasteiger partial charge in [0.1, 0.15) is 11.9 Å². The Kier molecular flexibility index (Phi) is 4.45. The van der Waals surface area contributed by atoms with Crippen molar-refractivity contribution in [2.45, 2.75) is 26.0 Å². The quantitative estimate of drug-likeness (QED) is 0.760. The number of methoxy groups -OCH3 is 1. The van der Waals surface area contributed by atoms with E-state index in [0.717, 1.165) is 0 Å². The summed E-state index contributed by atoms with van der Waals surface area (Å²) in [5, 5.41) is 6.84. The summed E-state index contributed by atoms with van der Waals surface area (Å²) < 4.78 is 6.67. The van der Waals surface area contributed by atoms with Crippen LogP contribution in [-0.2, 0) is 9.53 Å². The van der Waals surface area contributed by atoms with Crippen molar-refractivity contribution in [1.29, 1.82) is 0 Å². The normalized spacial score (nSPS) is 12.8. The SMILES string of the molecule is COC(CN)C(=O)Nc1ccnn1C(C)C. The molecule has 1 amide bonds. The standard InChI is InChI=1S/C10H18N4O2/c1-7(2)14-9(4-5-12-14)13-10(15)8(6-11)16-3/h4-5,7-8H,6,11H2,1-3H3,(H,13,15). The summed E-state index contributed by atoms with van der Waals surface area (Å²) in [6, 6.07) is 1.92. The maximum Gasteiger partial charge on any atom is 0.255 e. The number of nitrogens with one attached hydrogen (secondary N) is 1. The Morgan fingerprint density at radius 3 is 2.88 bits per heavy atom. The number of hydrogen-bond donors (Lipinski definition) is 2. The molecule has 1 aromatic heterocycles. The van der Waals surface area contributed by atoms with Gasteiger partial charge in [0.05, 0.1) is 6.20 Å². The van der Waals surface area contributed by atoms with Gasteiger partial charge in [-0.15, -0.1) is 0 Å². The first-order chi connectivity index (χ1) is 7.60. The zero-order chi connectivity index (χ0) is 12.1. The van der Waals surface area contributed by atoms with Crippen molar-refractivity contribution in [2.24, 2.45) is 5.73 Å². The lowest BCUT2D eigenvalue weighted by atomic mass is 10.3. The predicted molar refractivity (Wildman–Crippen MR) is 61.1 cm³/mol. The average Bonchev–Trinajstić information content (AvgIpc) is 2.67. The first-order valence-electron chi connectivity index (χ1n) is 5.17. The third-order valence-corrected chi connectivity index (χ3v) is 2.20. The smallest absolute Gasteiger partial charge is 0.255 e. The molecule has 0 bridgehead atoms. The highest BCUT2D eigenvalue weighted by Crippen LogP contribution is 2.13. The molecule has 1 heterocycles. The summed E-state index contributed by atoms with van der Waals surface area (Å²) in [6.45, 7) is 4.12. The molecule has 1 aromatic rings. The highest BCUT2D eigenvalue weighted by Gasteiger charge is 2.17. The fourth-order valence-electron chi connectivity index (χ4n) is 1.34. The zero-order valence-corrected chi connectivity index (χ0v) is 9.80. The zero-order valence-electron chi connectivity index (χ0n) is 9.80. The lowest BCUT2D eigenvalue weighted by molar-refractivity contribution is -0.125. The number of amides is 1. The van der Waals surface area contributed by atoms with Crippen molar-refractivity contribution in [2.75, 3.05) is 19.0 Å². The Hall–Kier alpha value is -1.40. The fourth-order valence-corrected chi connectivity index (χ4v) is 1.34. The second-order valence-electron chi connectivity index (χ2n) is 3.70. The minimum Gasteiger partial charge on any atom is -0.370 e. The van der Waals surface area contributed by atoms with E-state index in [1.165, 1.54) is 7.11 Å². The summed E-state index contributed by atoms with van der Waals surface area (Å²) in [5.41, 5.74) is 5.40. The summed E-state index contributed by atoms with van der Waals surface area (Å²) in [4.78, 5) is 11.7. The number of nitrogens with zero attached hydrogens (tertiary/aromatic N) is 2. The van der Waals surface area contributed by atoms with Crippen LogP contribution in [-0.4, -0.2) is 35.4 Å². The number of nitrogens with two attached hydrogens (primary N) is 1. The van der Waals surface area contributed by atoms with Crippen LogP contribution >= 0.6 is 0 Å². The molecule has 1 atom stereocenters. The van der Waals surface area contributed by atoms with E-state index in [4.69, 9.17) is 10.5 Å². The molecule has 1 unspecified atom stereocenters. The van der Waals surface area contributed by atoms with Gasteiger partial charge in [0.15, 0.2) is 0 Å². The van der Waals surface area contributed by atoms with Crippen molar-refractivity contribution in [3.8, 4) is 0 Å². The van der Waals surface area contributed by atoms with Gasteiger partial charge in [0.25, 0.3) is 5.91 Å². The fraction of sp³-hybridized carbons (Fsp3) is 0.600. The van der Waals surface area contributed by atoms with Crippen LogP contribution in [0.15, 0.2) is 12.3 Å². The molecule has 0 aromatic carbocycles. The van der Waals surface area contributed by atoms with E-state index >= 15 is 0 Å². The third kappa shape index (κ3) is 2.80. The summed E-state index contributed by atoms with van der Waals surface area (Å²) in [7, 11) is 1.46. The molecular weight excluding hydrogens is 208 g/mol. The number of carbonyl (C=O) groups is 1. The molecule has 6 nitrogen and oxygen atoms in total. The summed E-state index contributed by atoms with van der Waals surface area (Å²) in [6.07, 6.45) is 1.01. The number of carbonyl (C=O) groups excluding carboxylic acids is 1. The van der Waals surface area contributed by atoms with Gasteiger partial charge in [-0.1, -0.05) is 0 Å². The number of ether oxygens (including phenoxy) is 1. The summed E-state index contributed by atoms with van der Waals surface area (Å²) in [5.74, 6) is 0.392. The monoisotopic (exact) mass is 226 g/mol. The highest BCUT2D eigenvalue weighted by atomic mass is 16.5. The summed E-state index contributed by atoms with van der Waals surface area (Å²) >= 11 is 0. The first-order valence-corrected chi connectivity index (χ1v) is 5.17. The van der Waals surface area contributed by atoms with Crippen LogP contribution in [0.4, 0.5) is 5.82 Å². The molecule has 0 saturated heterocycles. The lowest BCUT2D eigenvalue weighted by Crippen LogP contribution is -2.36. The van der Waals surface area contributed by atoms with Crippen LogP contribution < -0.4 is 11.1 Å². The maximum atomic E-state index is 11.7. The molecule has 0 aliphatic heterocycles. The van der Waals surface area contributed by atoms with Crippen LogP contribution in [0.25, 0.3) is 0 Å². The van der Waals surface area contributed by atoms with Crippen molar-refractivity contribution >= 4 is 11.7 Å². The minimum absolute atomic E-state index is 0.151. The van der Waals surface area contributed by atoms with Crippen LogP contribution in [0.5, 0.6) is 0 Å². The van der Waals surface area contributed by atoms with E-state index in [-0.39, 0.29) is 18.5 Å². The number of anilines is 1. The van der Waals surface area contributed by atoms with Crippen molar-refractivity contribution < 1.29 is 9.53 Å². The van der Waals surface area contributed by atoms with Crippen molar-refractivity contribution in [3.63, 3.8) is 0 Å². The maximum absolute atomic E-state index is 11.7. The van der Waals surface area contributed by atoms with Gasteiger partial charge < -0.3 is 15.8 Å². The van der Waals surface area contributed by atoms with E-state index in [1.807, 2.05) is 13.8 Å². The van der Waals surface area contributed by atoms with Crippen molar-refractivity contribution in [3.05, 3.63) is 12.3 Å². The number of rotatable bonds is 5. The third-order valence-electron chi connectivity index (χ3n) is 2.20. The van der Waals surface area contributed by atoms with Crippen LogP contribution in [0.1, 0.15) is 19.9 Å². The van der Waals surface area contributed by atoms with Gasteiger partial charge >= 0.3 is 0 Å². The Labute approximate surface area is 94.8 Å². The van der Waals surface area contributed by atoms with E-state index in [2.05, 4.69) is 10.4 Å². The van der Waals surface area contributed by atoms with Gasteiger partial charge in [0.2, 0.25) is 0 Å². The molecule has 0 aliphatic rings. The van der Waals surface area contributed by atoms with Crippen LogP contribution in [0.3, 0.4) is 0 Å². The molecule has 1 rings (SSSR count). The van der Waals surface area contributed by atoms with Gasteiger partial charge in [0, 0.05) is 25.8 Å². The van der Waals surface area contributed by atoms with Crippen LogP contribution in [0.2, 0.25) is 0 Å². The Balaban J connectivity index is 2.72.